The minimum Gasteiger partial charge on any atom is -0.492 e. The molecule has 0 amide bonds. The number of sulfonamides is 1. The summed E-state index contributed by atoms with van der Waals surface area (Å²) in [4.78, 5) is 0. The molecule has 0 radical (unpaired) electrons. The molecule has 5 nitrogen and oxygen atoms in total. The van der Waals surface area contributed by atoms with E-state index >= 15 is 0 Å². The number of ether oxygens (including phenoxy) is 1. The Hall–Kier alpha value is -0.920. The van der Waals surface area contributed by atoms with Crippen LogP contribution in [0.25, 0.3) is 0 Å². The van der Waals surface area contributed by atoms with Crippen LogP contribution in [0.15, 0.2) is 24.3 Å². The molecule has 2 rings (SSSR count). The van der Waals surface area contributed by atoms with Gasteiger partial charge in [-0.1, -0.05) is 0 Å². The molecule has 7 heteroatoms. The largest absolute Gasteiger partial charge is 0.492 e. The van der Waals surface area contributed by atoms with Gasteiger partial charge in [-0.15, -0.1) is 0 Å². The zero-order chi connectivity index (χ0) is 15.3. The maximum absolute atomic E-state index is 12.0. The molecule has 1 aliphatic heterocycles. The van der Waals surface area contributed by atoms with E-state index in [1.54, 1.807) is 24.3 Å². The number of nitrogen functional groups attached to an aromatic ring is 1. The highest BCUT2D eigenvalue weighted by atomic mass is 32.2. The van der Waals surface area contributed by atoms with Crippen molar-refractivity contribution in [3.8, 4) is 5.75 Å². The average Bonchev–Trinajstić information content (AvgIpc) is 2.87. The molecule has 1 aliphatic rings. The number of hydrogen-bond acceptors (Lipinski definition) is 5. The molecule has 0 bridgehead atoms. The maximum atomic E-state index is 12.0. The quantitative estimate of drug-likeness (QED) is 0.746. The fourth-order valence-electron chi connectivity index (χ4n) is 2.14. The Balaban J connectivity index is 1.74. The molecule has 1 heterocycles. The van der Waals surface area contributed by atoms with Crippen molar-refractivity contribution < 1.29 is 13.2 Å². The van der Waals surface area contributed by atoms with Gasteiger partial charge in [-0.3, -0.25) is 0 Å². The lowest BCUT2D eigenvalue weighted by atomic mass is 10.1. The molecule has 0 spiro atoms. The first-order valence-corrected chi connectivity index (χ1v) is 9.62. The maximum Gasteiger partial charge on any atom is 0.215 e. The molecule has 1 fully saturated rings. The topological polar surface area (TPSA) is 81.4 Å². The van der Waals surface area contributed by atoms with Crippen molar-refractivity contribution in [2.24, 2.45) is 0 Å². The SMILES string of the molecule is CC1(CNS(=O)(=O)CCOc2ccc(N)cc2)CCCS1. The molecule has 1 atom stereocenters. The Morgan fingerprint density at radius 2 is 2.10 bits per heavy atom. The third-order valence-electron chi connectivity index (χ3n) is 3.47. The van der Waals surface area contributed by atoms with E-state index in [0.717, 1.165) is 18.6 Å². The minimum absolute atomic E-state index is 0.0326. The van der Waals surface area contributed by atoms with E-state index in [1.165, 1.54) is 0 Å². The zero-order valence-electron chi connectivity index (χ0n) is 12.2. The Morgan fingerprint density at radius 3 is 2.71 bits per heavy atom. The minimum atomic E-state index is -3.30. The first-order valence-electron chi connectivity index (χ1n) is 6.98. The lowest BCUT2D eigenvalue weighted by Crippen LogP contribution is -2.38. The van der Waals surface area contributed by atoms with Crippen molar-refractivity contribution >= 4 is 27.5 Å². The summed E-state index contributed by atoms with van der Waals surface area (Å²) < 4.78 is 32.0. The molecule has 21 heavy (non-hydrogen) atoms. The van der Waals surface area contributed by atoms with Crippen LogP contribution in [0.3, 0.4) is 0 Å². The van der Waals surface area contributed by atoms with E-state index in [2.05, 4.69) is 11.6 Å². The van der Waals surface area contributed by atoms with Crippen molar-refractivity contribution in [1.82, 2.24) is 4.72 Å². The number of nitrogens with two attached hydrogens (primary N) is 1. The second-order valence-corrected chi connectivity index (χ2v) is 9.07. The van der Waals surface area contributed by atoms with Gasteiger partial charge in [0.05, 0.1) is 5.75 Å². The highest BCUT2D eigenvalue weighted by Gasteiger charge is 2.30. The number of anilines is 1. The predicted octanol–water partition coefficient (Wildman–Crippen LogP) is 1.85. The van der Waals surface area contributed by atoms with E-state index in [0.29, 0.717) is 18.0 Å². The van der Waals surface area contributed by atoms with Gasteiger partial charge in [-0.05, 0) is 49.8 Å². The average molecular weight is 330 g/mol. The first-order chi connectivity index (χ1) is 9.89. The fraction of sp³-hybridized carbons (Fsp3) is 0.571. The Morgan fingerprint density at radius 1 is 1.38 bits per heavy atom. The van der Waals surface area contributed by atoms with Gasteiger partial charge in [0.25, 0.3) is 0 Å². The van der Waals surface area contributed by atoms with Gasteiger partial charge in [0, 0.05) is 17.0 Å². The summed E-state index contributed by atoms with van der Waals surface area (Å²) in [6.07, 6.45) is 2.21. The third kappa shape index (κ3) is 5.41. The number of hydrogen-bond donors (Lipinski definition) is 2. The second kappa shape index (κ2) is 6.89. The summed E-state index contributed by atoms with van der Waals surface area (Å²) in [7, 11) is -3.30. The van der Waals surface area contributed by atoms with Crippen molar-refractivity contribution in [2.75, 3.05) is 30.4 Å². The van der Waals surface area contributed by atoms with Crippen LogP contribution in [0.1, 0.15) is 19.8 Å². The van der Waals surface area contributed by atoms with Gasteiger partial charge in [0.15, 0.2) is 0 Å². The number of nitrogens with one attached hydrogen (secondary N) is 1. The van der Waals surface area contributed by atoms with E-state index in [1.807, 2.05) is 11.8 Å². The molecular formula is C14H22N2O3S2. The van der Waals surface area contributed by atoms with E-state index < -0.39 is 10.0 Å². The Kier molecular flexibility index (Phi) is 5.40. The van der Waals surface area contributed by atoms with Crippen LogP contribution < -0.4 is 15.2 Å². The predicted molar refractivity (Wildman–Crippen MR) is 88.2 cm³/mol. The third-order valence-corrected chi connectivity index (χ3v) is 6.29. The molecule has 0 aliphatic carbocycles. The molecule has 1 unspecified atom stereocenters. The summed E-state index contributed by atoms with van der Waals surface area (Å²) in [6.45, 7) is 2.73. The van der Waals surface area contributed by atoms with Gasteiger partial charge >= 0.3 is 0 Å². The fourth-order valence-corrected chi connectivity index (χ4v) is 4.47. The van der Waals surface area contributed by atoms with Gasteiger partial charge in [0.2, 0.25) is 10.0 Å². The number of benzene rings is 1. The van der Waals surface area contributed by atoms with Gasteiger partial charge in [0.1, 0.15) is 12.4 Å². The first kappa shape index (κ1) is 16.5. The smallest absolute Gasteiger partial charge is 0.215 e. The molecule has 0 saturated carbocycles. The molecule has 3 N–H and O–H groups in total. The van der Waals surface area contributed by atoms with Crippen molar-refractivity contribution in [3.63, 3.8) is 0 Å². The van der Waals surface area contributed by atoms with E-state index in [9.17, 15) is 8.42 Å². The summed E-state index contributed by atoms with van der Waals surface area (Å²) >= 11 is 1.84. The van der Waals surface area contributed by atoms with Gasteiger partial charge in [-0.25, -0.2) is 13.1 Å². The Bertz CT molecular complexity index is 552. The molecular weight excluding hydrogens is 308 g/mol. The zero-order valence-corrected chi connectivity index (χ0v) is 13.8. The van der Waals surface area contributed by atoms with Crippen LogP contribution in [-0.4, -0.2) is 37.8 Å². The summed E-state index contributed by atoms with van der Waals surface area (Å²) in [5.41, 5.74) is 6.22. The van der Waals surface area contributed by atoms with Crippen LogP contribution in [0, 0.1) is 0 Å². The van der Waals surface area contributed by atoms with Crippen LogP contribution >= 0.6 is 11.8 Å². The lowest BCUT2D eigenvalue weighted by molar-refractivity contribution is 0.340. The van der Waals surface area contributed by atoms with Crippen LogP contribution in [-0.2, 0) is 10.0 Å². The molecule has 1 aromatic carbocycles. The highest BCUT2D eigenvalue weighted by molar-refractivity contribution is 8.01. The monoisotopic (exact) mass is 330 g/mol. The molecule has 1 saturated heterocycles. The van der Waals surface area contributed by atoms with Crippen LogP contribution in [0.5, 0.6) is 5.75 Å². The van der Waals surface area contributed by atoms with E-state index in [4.69, 9.17) is 10.5 Å². The summed E-state index contributed by atoms with van der Waals surface area (Å²) in [5, 5.41) is 0. The summed E-state index contributed by atoms with van der Waals surface area (Å²) in [6, 6.07) is 6.90. The highest BCUT2D eigenvalue weighted by Crippen LogP contribution is 2.37. The van der Waals surface area contributed by atoms with Crippen molar-refractivity contribution in [3.05, 3.63) is 24.3 Å². The number of thioether (sulfide) groups is 1. The molecule has 0 aromatic heterocycles. The van der Waals surface area contributed by atoms with Gasteiger partial charge in [-0.2, -0.15) is 11.8 Å². The standard InChI is InChI=1S/C14H22N2O3S2/c1-14(7-2-9-20-14)11-16-21(17,18)10-8-19-13-5-3-12(15)4-6-13/h3-6,16H,2,7-11,15H2,1H3. The normalized spacial score (nSPS) is 22.3. The van der Waals surface area contributed by atoms with Gasteiger partial charge < -0.3 is 10.5 Å². The summed E-state index contributed by atoms with van der Waals surface area (Å²) in [5.74, 6) is 1.69. The van der Waals surface area contributed by atoms with Crippen molar-refractivity contribution in [1.29, 1.82) is 0 Å². The van der Waals surface area contributed by atoms with Crippen LogP contribution in [0.4, 0.5) is 5.69 Å². The number of rotatable bonds is 7. The van der Waals surface area contributed by atoms with E-state index in [-0.39, 0.29) is 17.1 Å². The van der Waals surface area contributed by atoms with Crippen LogP contribution in [0.2, 0.25) is 0 Å². The second-order valence-electron chi connectivity index (χ2n) is 5.46. The molecule has 118 valence electrons. The van der Waals surface area contributed by atoms with Crippen molar-refractivity contribution in [2.45, 2.75) is 24.5 Å². The lowest BCUT2D eigenvalue weighted by Gasteiger charge is -2.22. The Labute approximate surface area is 130 Å². The molecule has 1 aromatic rings.